The number of primary amides is 1. The van der Waals surface area contributed by atoms with E-state index >= 15 is 0 Å². The molecule has 1 amide bonds. The molecule has 0 aliphatic rings. The number of carbonyl (C=O) groups excluding carboxylic acids is 1. The van der Waals surface area contributed by atoms with Gasteiger partial charge in [-0.05, 0) is 57.9 Å². The normalized spacial score (nSPS) is 13.9. The molecule has 0 spiro atoms. The van der Waals surface area contributed by atoms with Gasteiger partial charge in [0.2, 0.25) is 5.91 Å². The van der Waals surface area contributed by atoms with Crippen molar-refractivity contribution in [3.8, 4) is 5.75 Å². The van der Waals surface area contributed by atoms with E-state index in [-0.39, 0.29) is 5.91 Å². The SMILES string of the molecule is CNC(C)(CCCOc1cc(C)ccc1C)C(N)=O. The molecule has 0 heterocycles. The molecule has 1 unspecified atom stereocenters. The summed E-state index contributed by atoms with van der Waals surface area (Å²) in [5, 5.41) is 2.97. The molecule has 0 aromatic heterocycles. The molecule has 3 N–H and O–H groups in total. The molecule has 0 aliphatic carbocycles. The van der Waals surface area contributed by atoms with Gasteiger partial charge in [0, 0.05) is 0 Å². The molecule has 0 radical (unpaired) electrons. The minimum absolute atomic E-state index is 0.332. The molecular weight excluding hydrogens is 240 g/mol. The summed E-state index contributed by atoms with van der Waals surface area (Å²) in [6.45, 7) is 6.45. The van der Waals surface area contributed by atoms with Crippen LogP contribution in [-0.2, 0) is 4.79 Å². The van der Waals surface area contributed by atoms with Crippen LogP contribution in [0.3, 0.4) is 0 Å². The van der Waals surface area contributed by atoms with Crippen LogP contribution in [0.5, 0.6) is 5.75 Å². The van der Waals surface area contributed by atoms with Crippen molar-refractivity contribution >= 4 is 5.91 Å². The van der Waals surface area contributed by atoms with Crippen LogP contribution in [0.25, 0.3) is 0 Å². The average Bonchev–Trinajstić information content (AvgIpc) is 2.38. The molecule has 0 aliphatic heterocycles. The first-order valence-electron chi connectivity index (χ1n) is 6.58. The van der Waals surface area contributed by atoms with E-state index < -0.39 is 5.54 Å². The smallest absolute Gasteiger partial charge is 0.237 e. The Morgan fingerprint density at radius 2 is 2.11 bits per heavy atom. The number of nitrogens with one attached hydrogen (secondary N) is 1. The molecule has 1 rings (SSSR count). The lowest BCUT2D eigenvalue weighted by atomic mass is 9.95. The number of hydrogen-bond acceptors (Lipinski definition) is 3. The second-order valence-electron chi connectivity index (χ2n) is 5.17. The van der Waals surface area contributed by atoms with E-state index in [0.717, 1.165) is 17.7 Å². The number of likely N-dealkylation sites (N-methyl/N-ethyl adjacent to an activating group) is 1. The van der Waals surface area contributed by atoms with Crippen molar-refractivity contribution in [1.82, 2.24) is 5.32 Å². The van der Waals surface area contributed by atoms with Crippen LogP contribution in [0.4, 0.5) is 0 Å². The van der Waals surface area contributed by atoms with Crippen molar-refractivity contribution in [3.05, 3.63) is 29.3 Å². The van der Waals surface area contributed by atoms with E-state index in [1.54, 1.807) is 7.05 Å². The molecule has 4 nitrogen and oxygen atoms in total. The highest BCUT2D eigenvalue weighted by atomic mass is 16.5. The second-order valence-corrected chi connectivity index (χ2v) is 5.17. The molecule has 0 saturated carbocycles. The fraction of sp³-hybridized carbons (Fsp3) is 0.533. The third-order valence-electron chi connectivity index (χ3n) is 3.52. The number of hydrogen-bond donors (Lipinski definition) is 2. The van der Waals surface area contributed by atoms with Crippen LogP contribution in [0.1, 0.15) is 30.9 Å². The third kappa shape index (κ3) is 4.24. The second kappa shape index (κ2) is 6.57. The number of carbonyl (C=O) groups is 1. The van der Waals surface area contributed by atoms with Crippen LogP contribution in [0.2, 0.25) is 0 Å². The first-order valence-corrected chi connectivity index (χ1v) is 6.58. The number of benzene rings is 1. The summed E-state index contributed by atoms with van der Waals surface area (Å²) in [5.74, 6) is 0.576. The molecule has 106 valence electrons. The van der Waals surface area contributed by atoms with Gasteiger partial charge in [0.25, 0.3) is 0 Å². The van der Waals surface area contributed by atoms with Gasteiger partial charge < -0.3 is 15.8 Å². The zero-order valence-corrected chi connectivity index (χ0v) is 12.2. The Kier molecular flexibility index (Phi) is 5.36. The average molecular weight is 264 g/mol. The minimum Gasteiger partial charge on any atom is -0.493 e. The van der Waals surface area contributed by atoms with E-state index in [1.807, 2.05) is 32.9 Å². The Balaban J connectivity index is 2.47. The van der Waals surface area contributed by atoms with Gasteiger partial charge in [0.15, 0.2) is 0 Å². The number of ether oxygens (including phenoxy) is 1. The summed E-state index contributed by atoms with van der Waals surface area (Å²) in [5.41, 5.74) is 7.02. The molecule has 0 bridgehead atoms. The highest BCUT2D eigenvalue weighted by Crippen LogP contribution is 2.20. The highest BCUT2D eigenvalue weighted by Gasteiger charge is 2.28. The van der Waals surface area contributed by atoms with Gasteiger partial charge in [-0.15, -0.1) is 0 Å². The van der Waals surface area contributed by atoms with E-state index in [2.05, 4.69) is 11.4 Å². The van der Waals surface area contributed by atoms with E-state index in [9.17, 15) is 4.79 Å². The fourth-order valence-electron chi connectivity index (χ4n) is 1.84. The highest BCUT2D eigenvalue weighted by molar-refractivity contribution is 5.84. The van der Waals surface area contributed by atoms with Crippen LogP contribution < -0.4 is 15.8 Å². The zero-order valence-electron chi connectivity index (χ0n) is 12.2. The first kappa shape index (κ1) is 15.5. The number of nitrogens with two attached hydrogens (primary N) is 1. The van der Waals surface area contributed by atoms with Crippen molar-refractivity contribution < 1.29 is 9.53 Å². The summed E-state index contributed by atoms with van der Waals surface area (Å²) in [6, 6.07) is 6.14. The molecule has 1 atom stereocenters. The number of aryl methyl sites for hydroxylation is 2. The van der Waals surface area contributed by atoms with Crippen LogP contribution in [-0.4, -0.2) is 25.1 Å². The fourth-order valence-corrected chi connectivity index (χ4v) is 1.84. The number of rotatable bonds is 7. The van der Waals surface area contributed by atoms with Gasteiger partial charge in [-0.2, -0.15) is 0 Å². The summed E-state index contributed by atoms with van der Waals surface area (Å²) in [7, 11) is 1.75. The molecule has 1 aromatic carbocycles. The molecule has 0 saturated heterocycles. The summed E-state index contributed by atoms with van der Waals surface area (Å²) in [4.78, 5) is 11.3. The minimum atomic E-state index is -0.662. The Hall–Kier alpha value is -1.55. The van der Waals surface area contributed by atoms with Gasteiger partial charge in [0.05, 0.1) is 12.1 Å². The van der Waals surface area contributed by atoms with E-state index in [4.69, 9.17) is 10.5 Å². The molecule has 0 fully saturated rings. The molecule has 1 aromatic rings. The molecular formula is C15H24N2O2. The summed E-state index contributed by atoms with van der Waals surface area (Å²) in [6.07, 6.45) is 1.43. The maximum absolute atomic E-state index is 11.3. The molecule has 19 heavy (non-hydrogen) atoms. The lowest BCUT2D eigenvalue weighted by Crippen LogP contribution is -2.51. The first-order chi connectivity index (χ1) is 8.89. The van der Waals surface area contributed by atoms with Crippen LogP contribution >= 0.6 is 0 Å². The Labute approximate surface area is 115 Å². The largest absolute Gasteiger partial charge is 0.493 e. The standard InChI is InChI=1S/C15H24N2O2/c1-11-6-7-12(2)13(10-11)19-9-5-8-15(3,17-4)14(16)18/h6-7,10,17H,5,8-9H2,1-4H3,(H2,16,18). The maximum atomic E-state index is 11.3. The van der Waals surface area contributed by atoms with E-state index in [1.165, 1.54) is 5.56 Å². The number of amides is 1. The monoisotopic (exact) mass is 264 g/mol. The van der Waals surface area contributed by atoms with Crippen LogP contribution in [0, 0.1) is 13.8 Å². The van der Waals surface area contributed by atoms with Crippen molar-refractivity contribution in [2.24, 2.45) is 5.73 Å². The van der Waals surface area contributed by atoms with Crippen molar-refractivity contribution in [1.29, 1.82) is 0 Å². The van der Waals surface area contributed by atoms with Gasteiger partial charge in [0.1, 0.15) is 5.75 Å². The van der Waals surface area contributed by atoms with Crippen molar-refractivity contribution in [2.45, 2.75) is 39.2 Å². The van der Waals surface area contributed by atoms with Gasteiger partial charge >= 0.3 is 0 Å². The van der Waals surface area contributed by atoms with Gasteiger partial charge in [-0.25, -0.2) is 0 Å². The van der Waals surface area contributed by atoms with Crippen molar-refractivity contribution in [2.75, 3.05) is 13.7 Å². The quantitative estimate of drug-likeness (QED) is 0.740. The maximum Gasteiger partial charge on any atom is 0.237 e. The Morgan fingerprint density at radius 3 is 2.68 bits per heavy atom. The lowest BCUT2D eigenvalue weighted by Gasteiger charge is -2.25. The topological polar surface area (TPSA) is 64.3 Å². The predicted octanol–water partition coefficient (Wildman–Crippen LogP) is 1.93. The van der Waals surface area contributed by atoms with E-state index in [0.29, 0.717) is 13.0 Å². The Bertz CT molecular complexity index is 446. The predicted molar refractivity (Wildman–Crippen MR) is 77.3 cm³/mol. The van der Waals surface area contributed by atoms with Gasteiger partial charge in [-0.3, -0.25) is 4.79 Å². The zero-order chi connectivity index (χ0) is 14.5. The third-order valence-corrected chi connectivity index (χ3v) is 3.52. The Morgan fingerprint density at radius 1 is 1.42 bits per heavy atom. The van der Waals surface area contributed by atoms with Crippen LogP contribution in [0.15, 0.2) is 18.2 Å². The summed E-state index contributed by atoms with van der Waals surface area (Å²) >= 11 is 0. The summed E-state index contributed by atoms with van der Waals surface area (Å²) < 4.78 is 5.76. The lowest BCUT2D eigenvalue weighted by molar-refractivity contribution is -0.123. The van der Waals surface area contributed by atoms with Gasteiger partial charge in [-0.1, -0.05) is 12.1 Å². The molecule has 4 heteroatoms. The van der Waals surface area contributed by atoms with Crippen molar-refractivity contribution in [3.63, 3.8) is 0 Å².